The molecule has 0 unspecified atom stereocenters. The summed E-state index contributed by atoms with van der Waals surface area (Å²) >= 11 is 0. The van der Waals surface area contributed by atoms with Crippen molar-refractivity contribution in [1.29, 1.82) is 0 Å². The van der Waals surface area contributed by atoms with Crippen LogP contribution in [0.5, 0.6) is 5.75 Å². The molecule has 1 aliphatic carbocycles. The summed E-state index contributed by atoms with van der Waals surface area (Å²) in [6.45, 7) is -0.489. The monoisotopic (exact) mass is 335 g/mol. The summed E-state index contributed by atoms with van der Waals surface area (Å²) in [6, 6.07) is 2.05. The number of ether oxygens (including phenoxy) is 1. The van der Waals surface area contributed by atoms with E-state index < -0.39 is 35.7 Å². The Bertz CT molecular complexity index is 680. The lowest BCUT2D eigenvalue weighted by Gasteiger charge is -2.37. The third-order valence-electron chi connectivity index (χ3n) is 3.74. The highest BCUT2D eigenvalue weighted by atomic mass is 19.4. The van der Waals surface area contributed by atoms with Gasteiger partial charge in [-0.2, -0.15) is 26.3 Å². The molecule has 2 aliphatic rings. The van der Waals surface area contributed by atoms with Crippen molar-refractivity contribution in [3.8, 4) is 17.6 Å². The van der Waals surface area contributed by atoms with Crippen LogP contribution in [0, 0.1) is 17.8 Å². The first-order chi connectivity index (χ1) is 10.6. The molecule has 124 valence electrons. The Balaban J connectivity index is 2.18. The zero-order valence-electron chi connectivity index (χ0n) is 11.6. The van der Waals surface area contributed by atoms with E-state index in [-0.39, 0.29) is 11.7 Å². The van der Waals surface area contributed by atoms with Crippen LogP contribution in [0.25, 0.3) is 0 Å². The summed E-state index contributed by atoms with van der Waals surface area (Å²) in [6.07, 6.45) is -8.24. The van der Waals surface area contributed by atoms with Crippen LogP contribution in [0.15, 0.2) is 18.2 Å². The predicted molar refractivity (Wildman–Crippen MR) is 68.3 cm³/mol. The number of hydrogen-bond donors (Lipinski definition) is 1. The van der Waals surface area contributed by atoms with Crippen LogP contribution in [0.4, 0.5) is 26.3 Å². The molecule has 1 aromatic rings. The number of rotatable bonds is 0. The Morgan fingerprint density at radius 3 is 2.39 bits per heavy atom. The molecule has 1 heterocycles. The SMILES string of the molecule is FC(F)(F)c1ccc2c(c1)[C@@](C#CC1CC1)(C(F)(F)F)NCO2. The third kappa shape index (κ3) is 2.85. The van der Waals surface area contributed by atoms with Crippen LogP contribution in [-0.4, -0.2) is 12.9 Å². The molecule has 1 aliphatic heterocycles. The zero-order valence-corrected chi connectivity index (χ0v) is 11.6. The van der Waals surface area contributed by atoms with Crippen molar-refractivity contribution < 1.29 is 31.1 Å². The first-order valence-electron chi connectivity index (χ1n) is 6.82. The van der Waals surface area contributed by atoms with Crippen molar-refractivity contribution in [1.82, 2.24) is 5.32 Å². The first kappa shape index (κ1) is 16.0. The van der Waals surface area contributed by atoms with E-state index in [1.807, 2.05) is 0 Å². The van der Waals surface area contributed by atoms with Gasteiger partial charge in [0.2, 0.25) is 5.54 Å². The lowest BCUT2D eigenvalue weighted by molar-refractivity contribution is -0.188. The van der Waals surface area contributed by atoms with Gasteiger partial charge in [0.15, 0.2) is 0 Å². The van der Waals surface area contributed by atoms with Crippen LogP contribution in [0.3, 0.4) is 0 Å². The Hall–Kier alpha value is -1.88. The molecule has 1 fully saturated rings. The number of halogens is 6. The number of nitrogens with one attached hydrogen (secondary N) is 1. The quantitative estimate of drug-likeness (QED) is 0.575. The summed E-state index contributed by atoms with van der Waals surface area (Å²) in [5.74, 6) is 4.26. The highest BCUT2D eigenvalue weighted by molar-refractivity contribution is 5.50. The fraction of sp³-hybridized carbons (Fsp3) is 0.467. The molecule has 1 atom stereocenters. The maximum Gasteiger partial charge on any atom is 0.422 e. The fourth-order valence-corrected chi connectivity index (χ4v) is 2.32. The van der Waals surface area contributed by atoms with Gasteiger partial charge >= 0.3 is 12.4 Å². The van der Waals surface area contributed by atoms with Crippen molar-refractivity contribution in [3.05, 3.63) is 29.3 Å². The summed E-state index contributed by atoms with van der Waals surface area (Å²) in [7, 11) is 0. The van der Waals surface area contributed by atoms with E-state index in [1.165, 1.54) is 0 Å². The largest absolute Gasteiger partial charge is 0.478 e. The number of benzene rings is 1. The fourth-order valence-electron chi connectivity index (χ4n) is 2.32. The molecule has 0 radical (unpaired) electrons. The maximum absolute atomic E-state index is 13.7. The van der Waals surface area contributed by atoms with Crippen molar-refractivity contribution in [2.24, 2.45) is 5.92 Å². The summed E-state index contributed by atoms with van der Waals surface area (Å²) in [5.41, 5.74) is -4.69. The summed E-state index contributed by atoms with van der Waals surface area (Å²) in [5, 5.41) is 2.10. The van der Waals surface area contributed by atoms with Crippen LogP contribution >= 0.6 is 0 Å². The van der Waals surface area contributed by atoms with Gasteiger partial charge in [-0.3, -0.25) is 5.32 Å². The van der Waals surface area contributed by atoms with Crippen LogP contribution in [0.2, 0.25) is 0 Å². The Kier molecular flexibility index (Phi) is 3.52. The average Bonchev–Trinajstić information content (AvgIpc) is 3.26. The molecule has 2 nitrogen and oxygen atoms in total. The summed E-state index contributed by atoms with van der Waals surface area (Å²) < 4.78 is 84.6. The van der Waals surface area contributed by atoms with E-state index in [9.17, 15) is 26.3 Å². The molecular weight excluding hydrogens is 324 g/mol. The van der Waals surface area contributed by atoms with Gasteiger partial charge in [-0.25, -0.2) is 0 Å². The average molecular weight is 335 g/mol. The minimum Gasteiger partial charge on any atom is -0.478 e. The minimum absolute atomic E-state index is 0.131. The molecule has 0 aromatic heterocycles. The summed E-state index contributed by atoms with van der Waals surface area (Å²) in [4.78, 5) is 0. The van der Waals surface area contributed by atoms with Gasteiger partial charge in [0.1, 0.15) is 12.5 Å². The number of fused-ring (bicyclic) bond motifs is 1. The lowest BCUT2D eigenvalue weighted by Crippen LogP contribution is -2.56. The van der Waals surface area contributed by atoms with Gasteiger partial charge in [0, 0.05) is 11.5 Å². The van der Waals surface area contributed by atoms with E-state index in [4.69, 9.17) is 4.74 Å². The van der Waals surface area contributed by atoms with E-state index in [1.54, 1.807) is 0 Å². The first-order valence-corrected chi connectivity index (χ1v) is 6.82. The molecule has 0 spiro atoms. The molecule has 3 rings (SSSR count). The number of alkyl halides is 6. The second-order valence-corrected chi connectivity index (χ2v) is 5.47. The molecule has 8 heteroatoms. The van der Waals surface area contributed by atoms with Crippen LogP contribution < -0.4 is 10.1 Å². The molecule has 0 bridgehead atoms. The van der Waals surface area contributed by atoms with Crippen molar-refractivity contribution in [2.75, 3.05) is 6.73 Å². The molecule has 1 aromatic carbocycles. The van der Waals surface area contributed by atoms with Crippen LogP contribution in [-0.2, 0) is 11.7 Å². The minimum atomic E-state index is -4.89. The molecule has 1 saturated carbocycles. The van der Waals surface area contributed by atoms with Gasteiger partial charge in [-0.1, -0.05) is 11.8 Å². The zero-order chi connectivity index (χ0) is 16.9. The second kappa shape index (κ2) is 5.06. The van der Waals surface area contributed by atoms with Gasteiger partial charge in [0.05, 0.1) is 5.56 Å². The molecular formula is C15H11F6NO. The normalized spacial score (nSPS) is 24.3. The highest BCUT2D eigenvalue weighted by Gasteiger charge is 2.58. The topological polar surface area (TPSA) is 21.3 Å². The highest BCUT2D eigenvalue weighted by Crippen LogP contribution is 2.46. The standard InChI is InChI=1S/C15H11F6NO/c16-14(17,18)10-3-4-12-11(7-10)13(15(19,20)21,22-8-23-12)6-5-9-1-2-9/h3-4,7,9,22H,1-2,8H2/t13-/m0/s1. The Morgan fingerprint density at radius 1 is 1.13 bits per heavy atom. The Morgan fingerprint density at radius 2 is 1.83 bits per heavy atom. The van der Waals surface area contributed by atoms with Crippen molar-refractivity contribution in [2.45, 2.75) is 30.7 Å². The van der Waals surface area contributed by atoms with Crippen molar-refractivity contribution in [3.63, 3.8) is 0 Å². The van der Waals surface area contributed by atoms with Gasteiger partial charge in [-0.05, 0) is 31.0 Å². The van der Waals surface area contributed by atoms with E-state index >= 15 is 0 Å². The molecule has 0 saturated heterocycles. The third-order valence-corrected chi connectivity index (χ3v) is 3.74. The lowest BCUT2D eigenvalue weighted by atomic mass is 9.86. The number of hydrogen-bond acceptors (Lipinski definition) is 2. The van der Waals surface area contributed by atoms with E-state index in [0.29, 0.717) is 25.0 Å². The van der Waals surface area contributed by atoms with Crippen LogP contribution in [0.1, 0.15) is 24.0 Å². The maximum atomic E-state index is 13.7. The van der Waals surface area contributed by atoms with Crippen molar-refractivity contribution >= 4 is 0 Å². The Labute approximate surface area is 127 Å². The predicted octanol–water partition coefficient (Wildman–Crippen LogP) is 3.82. The van der Waals surface area contributed by atoms with Gasteiger partial charge < -0.3 is 4.74 Å². The molecule has 23 heavy (non-hydrogen) atoms. The van der Waals surface area contributed by atoms with Gasteiger partial charge in [-0.15, -0.1) is 0 Å². The van der Waals surface area contributed by atoms with E-state index in [0.717, 1.165) is 6.07 Å². The van der Waals surface area contributed by atoms with E-state index in [2.05, 4.69) is 17.2 Å². The second-order valence-electron chi connectivity index (χ2n) is 5.47. The molecule has 0 amide bonds. The smallest absolute Gasteiger partial charge is 0.422 e. The van der Waals surface area contributed by atoms with Gasteiger partial charge in [0.25, 0.3) is 0 Å². The molecule has 1 N–H and O–H groups in total.